The molecule has 3 heterocycles. The third kappa shape index (κ3) is 3.06. The molecule has 2 fully saturated rings. The van der Waals surface area contributed by atoms with E-state index in [-0.39, 0.29) is 41.8 Å². The first-order valence-corrected chi connectivity index (χ1v) is 9.02. The van der Waals surface area contributed by atoms with Crippen molar-refractivity contribution >= 4 is 11.9 Å². The number of ether oxygens (including phenoxy) is 3. The van der Waals surface area contributed by atoms with Crippen molar-refractivity contribution in [2.75, 3.05) is 0 Å². The average molecular weight is 344 g/mol. The van der Waals surface area contributed by atoms with E-state index in [2.05, 4.69) is 13.5 Å². The zero-order valence-corrected chi connectivity index (χ0v) is 14.7. The summed E-state index contributed by atoms with van der Waals surface area (Å²) in [5.74, 6) is -0.533. The number of rotatable bonds is 0. The van der Waals surface area contributed by atoms with Gasteiger partial charge >= 0.3 is 11.9 Å². The predicted molar refractivity (Wildman–Crippen MR) is 90.6 cm³/mol. The molecule has 2 bridgehead atoms. The van der Waals surface area contributed by atoms with Crippen molar-refractivity contribution in [1.82, 2.24) is 0 Å². The van der Waals surface area contributed by atoms with E-state index in [9.17, 15) is 9.59 Å². The summed E-state index contributed by atoms with van der Waals surface area (Å²) in [6.45, 7) is 8.02. The van der Waals surface area contributed by atoms with Crippen LogP contribution in [-0.4, -0.2) is 35.9 Å². The van der Waals surface area contributed by atoms with E-state index in [0.717, 1.165) is 30.4 Å². The van der Waals surface area contributed by atoms with E-state index in [1.54, 1.807) is 0 Å². The Morgan fingerprint density at radius 3 is 2.76 bits per heavy atom. The Morgan fingerprint density at radius 2 is 1.96 bits per heavy atom. The Hall–Kier alpha value is -1.88. The van der Waals surface area contributed by atoms with Crippen LogP contribution in [0.1, 0.15) is 46.0 Å². The smallest absolute Gasteiger partial charge is 0.334 e. The van der Waals surface area contributed by atoms with Crippen LogP contribution in [0.4, 0.5) is 0 Å². The van der Waals surface area contributed by atoms with Crippen LogP contribution >= 0.6 is 0 Å². The van der Waals surface area contributed by atoms with Gasteiger partial charge in [0.2, 0.25) is 0 Å². The standard InChI is InChI=1S/C20H24O5/c1-11-8-14-10-13(19(22)23-14)4-5-17-20(3,25-17)7-6-15-12(2)18(21)24-16(15)9-11/h9-10,14-17H,2,4-8H2,1,3H3/b11-9+/t14-,15-,16+,17-,20+/m1/s1. The van der Waals surface area contributed by atoms with Crippen molar-refractivity contribution < 1.29 is 23.8 Å². The van der Waals surface area contributed by atoms with E-state index in [1.807, 2.05) is 19.1 Å². The maximum absolute atomic E-state index is 12.0. The maximum atomic E-state index is 12.0. The second-order valence-electron chi connectivity index (χ2n) is 7.85. The van der Waals surface area contributed by atoms with Crippen LogP contribution in [0, 0.1) is 5.92 Å². The molecule has 5 nitrogen and oxygen atoms in total. The number of hydrogen-bond acceptors (Lipinski definition) is 5. The van der Waals surface area contributed by atoms with Crippen LogP contribution < -0.4 is 0 Å². The lowest BCUT2D eigenvalue weighted by Crippen LogP contribution is -2.19. The van der Waals surface area contributed by atoms with Gasteiger partial charge < -0.3 is 14.2 Å². The van der Waals surface area contributed by atoms with Gasteiger partial charge in [0, 0.05) is 23.5 Å². The topological polar surface area (TPSA) is 65.1 Å². The molecular weight excluding hydrogens is 320 g/mol. The second kappa shape index (κ2) is 5.84. The van der Waals surface area contributed by atoms with Gasteiger partial charge in [0.1, 0.15) is 12.2 Å². The van der Waals surface area contributed by atoms with E-state index in [1.165, 1.54) is 0 Å². The summed E-state index contributed by atoms with van der Waals surface area (Å²) in [7, 11) is 0. The highest BCUT2D eigenvalue weighted by Crippen LogP contribution is 2.46. The van der Waals surface area contributed by atoms with Gasteiger partial charge in [-0.25, -0.2) is 9.59 Å². The van der Waals surface area contributed by atoms with E-state index >= 15 is 0 Å². The Balaban J connectivity index is 1.60. The van der Waals surface area contributed by atoms with Crippen molar-refractivity contribution in [2.45, 2.75) is 69.9 Å². The molecule has 0 amide bonds. The largest absolute Gasteiger partial charge is 0.454 e. The highest BCUT2D eigenvalue weighted by Gasteiger charge is 2.52. The lowest BCUT2D eigenvalue weighted by atomic mass is 9.86. The van der Waals surface area contributed by atoms with Gasteiger partial charge in [0.05, 0.1) is 11.7 Å². The summed E-state index contributed by atoms with van der Waals surface area (Å²) in [5.41, 5.74) is 2.18. The molecule has 0 aromatic carbocycles. The van der Waals surface area contributed by atoms with Gasteiger partial charge in [0.15, 0.2) is 0 Å². The molecule has 0 spiro atoms. The van der Waals surface area contributed by atoms with Crippen LogP contribution in [0.5, 0.6) is 0 Å². The van der Waals surface area contributed by atoms with Crippen molar-refractivity contribution in [3.63, 3.8) is 0 Å². The first kappa shape index (κ1) is 16.6. The molecule has 2 saturated heterocycles. The lowest BCUT2D eigenvalue weighted by molar-refractivity contribution is -0.139. The molecule has 5 heteroatoms. The van der Waals surface area contributed by atoms with Gasteiger partial charge in [-0.15, -0.1) is 0 Å². The van der Waals surface area contributed by atoms with Gasteiger partial charge in [0.25, 0.3) is 0 Å². The molecule has 0 saturated carbocycles. The molecule has 5 atom stereocenters. The lowest BCUT2D eigenvalue weighted by Gasteiger charge is -2.17. The minimum atomic E-state index is -0.309. The van der Waals surface area contributed by atoms with Gasteiger partial charge in [-0.05, 0) is 51.7 Å². The SMILES string of the molecule is C=C1C(=O)O[C@H]2/C=C(\C)C[C@@H]3C=C(CC[C@H]4O[C@@]4(C)CC[C@H]12)C(=O)O3. The minimum absolute atomic E-state index is 0.00991. The van der Waals surface area contributed by atoms with E-state index in [0.29, 0.717) is 18.4 Å². The molecule has 0 radical (unpaired) electrons. The fourth-order valence-electron chi connectivity index (χ4n) is 4.21. The predicted octanol–water partition coefficient (Wildman–Crippen LogP) is 3.00. The summed E-state index contributed by atoms with van der Waals surface area (Å²) in [6.07, 6.45) is 7.37. The Bertz CT molecular complexity index is 703. The third-order valence-corrected chi connectivity index (χ3v) is 5.89. The van der Waals surface area contributed by atoms with Gasteiger partial charge in [-0.1, -0.05) is 12.2 Å². The quantitative estimate of drug-likeness (QED) is 0.292. The molecule has 25 heavy (non-hydrogen) atoms. The fourth-order valence-corrected chi connectivity index (χ4v) is 4.21. The van der Waals surface area contributed by atoms with Crippen molar-refractivity contribution in [2.24, 2.45) is 5.92 Å². The molecule has 0 aromatic heterocycles. The second-order valence-corrected chi connectivity index (χ2v) is 7.85. The summed E-state index contributed by atoms with van der Waals surface area (Å²) in [6, 6.07) is 0. The zero-order chi connectivity index (χ0) is 17.8. The molecule has 0 aromatic rings. The summed E-state index contributed by atoms with van der Waals surface area (Å²) < 4.78 is 16.9. The number of carbonyl (C=O) groups excluding carboxylic acids is 2. The molecule has 0 N–H and O–H groups in total. The van der Waals surface area contributed by atoms with Gasteiger partial charge in [-0.3, -0.25) is 0 Å². The van der Waals surface area contributed by atoms with Crippen LogP contribution in [0.15, 0.2) is 35.5 Å². The van der Waals surface area contributed by atoms with Crippen molar-refractivity contribution in [1.29, 1.82) is 0 Å². The van der Waals surface area contributed by atoms with Crippen LogP contribution in [0.3, 0.4) is 0 Å². The summed E-state index contributed by atoms with van der Waals surface area (Å²) >= 11 is 0. The first-order chi connectivity index (χ1) is 11.9. The molecule has 3 aliphatic heterocycles. The fraction of sp³-hybridized carbons (Fsp3) is 0.600. The van der Waals surface area contributed by atoms with Crippen molar-refractivity contribution in [3.8, 4) is 0 Å². The first-order valence-electron chi connectivity index (χ1n) is 9.02. The molecular formula is C20H24O5. The Kier molecular flexibility index (Phi) is 3.87. The average Bonchev–Trinajstić information content (AvgIpc) is 2.93. The number of hydrogen-bond donors (Lipinski definition) is 0. The molecule has 4 rings (SSSR count). The van der Waals surface area contributed by atoms with Crippen LogP contribution in [0.2, 0.25) is 0 Å². The highest BCUT2D eigenvalue weighted by molar-refractivity contribution is 5.91. The molecule has 0 unspecified atom stereocenters. The normalized spacial score (nSPS) is 43.0. The van der Waals surface area contributed by atoms with Crippen LogP contribution in [0.25, 0.3) is 0 Å². The third-order valence-electron chi connectivity index (χ3n) is 5.89. The Morgan fingerprint density at radius 1 is 1.16 bits per heavy atom. The van der Waals surface area contributed by atoms with Gasteiger partial charge in [-0.2, -0.15) is 0 Å². The van der Waals surface area contributed by atoms with Crippen molar-refractivity contribution in [3.05, 3.63) is 35.5 Å². The Labute approximate surface area is 147 Å². The van der Waals surface area contributed by atoms with E-state index in [4.69, 9.17) is 14.2 Å². The van der Waals surface area contributed by atoms with Crippen LogP contribution in [-0.2, 0) is 23.8 Å². The van der Waals surface area contributed by atoms with E-state index < -0.39 is 0 Å². The summed E-state index contributed by atoms with van der Waals surface area (Å²) in [5, 5.41) is 0. The zero-order valence-electron chi connectivity index (χ0n) is 14.7. The maximum Gasteiger partial charge on any atom is 0.334 e. The minimum Gasteiger partial charge on any atom is -0.454 e. The highest BCUT2D eigenvalue weighted by atomic mass is 16.6. The number of esters is 2. The number of fused-ring (bicyclic) bond motifs is 3. The monoisotopic (exact) mass is 344 g/mol. The molecule has 4 aliphatic rings. The number of carbonyl (C=O) groups is 2. The summed E-state index contributed by atoms with van der Waals surface area (Å²) in [4.78, 5) is 24.0. The molecule has 134 valence electrons. The number of epoxide rings is 1. The molecule has 1 aliphatic carbocycles.